The van der Waals surface area contributed by atoms with Crippen molar-refractivity contribution in [2.24, 2.45) is 0 Å². The summed E-state index contributed by atoms with van der Waals surface area (Å²) in [5.74, 6) is 0.270. The summed E-state index contributed by atoms with van der Waals surface area (Å²) in [6, 6.07) is 21.3. The molecule has 1 aromatic heterocycles. The number of para-hydroxylation sites is 1. The first kappa shape index (κ1) is 22.8. The maximum absolute atomic E-state index is 13.1. The molecule has 7 heteroatoms. The highest BCUT2D eigenvalue weighted by atomic mass is 16.5. The fourth-order valence-corrected chi connectivity index (χ4v) is 3.57. The van der Waals surface area contributed by atoms with Crippen LogP contribution in [0.2, 0.25) is 0 Å². The molecule has 0 N–H and O–H groups in total. The fourth-order valence-electron chi connectivity index (χ4n) is 3.57. The summed E-state index contributed by atoms with van der Waals surface area (Å²) in [5.41, 5.74) is 3.63. The van der Waals surface area contributed by atoms with E-state index in [4.69, 9.17) is 23.9 Å². The number of benzene rings is 3. The van der Waals surface area contributed by atoms with Crippen LogP contribution in [0, 0.1) is 0 Å². The Hall–Kier alpha value is -4.39. The highest BCUT2D eigenvalue weighted by Gasteiger charge is 2.17. The average Bonchev–Trinajstić information content (AvgIpc) is 2.90. The van der Waals surface area contributed by atoms with Crippen molar-refractivity contribution in [2.45, 2.75) is 6.61 Å². The molecule has 4 aromatic rings. The number of pyridine rings is 1. The molecule has 4 rings (SSSR count). The molecule has 0 radical (unpaired) electrons. The van der Waals surface area contributed by atoms with Crippen LogP contribution < -0.4 is 9.47 Å². The van der Waals surface area contributed by atoms with Gasteiger partial charge in [-0.15, -0.1) is 0 Å². The Morgan fingerprint density at radius 2 is 1.53 bits per heavy atom. The number of rotatable bonds is 7. The minimum absolute atomic E-state index is 0.0582. The minimum Gasteiger partial charge on any atom is -0.493 e. The third-order valence-corrected chi connectivity index (χ3v) is 5.36. The van der Waals surface area contributed by atoms with Gasteiger partial charge in [-0.1, -0.05) is 30.3 Å². The van der Waals surface area contributed by atoms with Gasteiger partial charge in [0.1, 0.15) is 6.61 Å². The smallest absolute Gasteiger partial charge is 0.339 e. The molecule has 0 fully saturated rings. The molecule has 0 atom stereocenters. The molecule has 0 saturated heterocycles. The first-order chi connectivity index (χ1) is 16.5. The second kappa shape index (κ2) is 10.0. The zero-order chi connectivity index (χ0) is 24.1. The molecule has 3 aromatic carbocycles. The SMILES string of the molecule is COC(=O)c1ccc(COC(=O)c2cc(-c3ccc(OC)c(OC)c3)nc3ccccc23)cc1. The molecule has 172 valence electrons. The summed E-state index contributed by atoms with van der Waals surface area (Å²) in [7, 11) is 4.46. The number of ether oxygens (including phenoxy) is 4. The van der Waals surface area contributed by atoms with Crippen molar-refractivity contribution in [1.82, 2.24) is 4.98 Å². The van der Waals surface area contributed by atoms with Crippen molar-refractivity contribution < 1.29 is 28.5 Å². The predicted octanol–water partition coefficient (Wildman–Crippen LogP) is 5.06. The van der Waals surface area contributed by atoms with Crippen molar-refractivity contribution in [3.63, 3.8) is 0 Å². The second-order valence-corrected chi connectivity index (χ2v) is 7.41. The van der Waals surface area contributed by atoms with Crippen LogP contribution in [-0.4, -0.2) is 38.3 Å². The van der Waals surface area contributed by atoms with Crippen molar-refractivity contribution in [2.75, 3.05) is 21.3 Å². The Morgan fingerprint density at radius 1 is 0.794 bits per heavy atom. The number of methoxy groups -OCH3 is 3. The Morgan fingerprint density at radius 3 is 2.24 bits per heavy atom. The Balaban J connectivity index is 1.64. The van der Waals surface area contributed by atoms with E-state index in [1.54, 1.807) is 50.6 Å². The Labute approximate surface area is 196 Å². The molecular weight excluding hydrogens is 434 g/mol. The third kappa shape index (κ3) is 4.68. The lowest BCUT2D eigenvalue weighted by Gasteiger charge is -2.12. The summed E-state index contributed by atoms with van der Waals surface area (Å²) in [6.45, 7) is 0.0582. The van der Waals surface area contributed by atoms with Gasteiger partial charge in [-0.25, -0.2) is 14.6 Å². The lowest BCUT2D eigenvalue weighted by atomic mass is 10.0. The molecule has 34 heavy (non-hydrogen) atoms. The quantitative estimate of drug-likeness (QED) is 0.359. The highest BCUT2D eigenvalue weighted by Crippen LogP contribution is 2.33. The number of fused-ring (bicyclic) bond motifs is 1. The van der Waals surface area contributed by atoms with Crippen molar-refractivity contribution in [3.8, 4) is 22.8 Å². The number of hydrogen-bond donors (Lipinski definition) is 0. The summed E-state index contributed by atoms with van der Waals surface area (Å²) in [4.78, 5) is 29.4. The van der Waals surface area contributed by atoms with E-state index in [2.05, 4.69) is 0 Å². The summed E-state index contributed by atoms with van der Waals surface area (Å²) >= 11 is 0. The minimum atomic E-state index is -0.475. The van der Waals surface area contributed by atoms with E-state index in [0.29, 0.717) is 39.2 Å². The molecule has 0 aliphatic carbocycles. The average molecular weight is 457 g/mol. The van der Waals surface area contributed by atoms with Gasteiger partial charge in [0.15, 0.2) is 11.5 Å². The van der Waals surface area contributed by atoms with Crippen LogP contribution in [0.25, 0.3) is 22.2 Å². The molecule has 1 heterocycles. The lowest BCUT2D eigenvalue weighted by Crippen LogP contribution is -2.07. The fraction of sp³-hybridized carbons (Fsp3) is 0.148. The number of carbonyl (C=O) groups excluding carboxylic acids is 2. The van der Waals surface area contributed by atoms with E-state index in [0.717, 1.165) is 11.1 Å². The lowest BCUT2D eigenvalue weighted by molar-refractivity contribution is 0.0473. The van der Waals surface area contributed by atoms with Crippen molar-refractivity contribution in [1.29, 1.82) is 0 Å². The van der Waals surface area contributed by atoms with Crippen molar-refractivity contribution >= 4 is 22.8 Å². The van der Waals surface area contributed by atoms with Gasteiger partial charge in [0.25, 0.3) is 0 Å². The van der Waals surface area contributed by atoms with Gasteiger partial charge in [0, 0.05) is 10.9 Å². The van der Waals surface area contributed by atoms with E-state index >= 15 is 0 Å². The molecule has 7 nitrogen and oxygen atoms in total. The molecule has 0 amide bonds. The van der Waals surface area contributed by atoms with Crippen LogP contribution in [0.4, 0.5) is 0 Å². The van der Waals surface area contributed by atoms with Crippen LogP contribution in [-0.2, 0) is 16.1 Å². The molecule has 0 aliphatic heterocycles. The molecule has 0 unspecified atom stereocenters. The van der Waals surface area contributed by atoms with Crippen LogP contribution in [0.1, 0.15) is 26.3 Å². The van der Waals surface area contributed by atoms with Crippen molar-refractivity contribution in [3.05, 3.63) is 89.5 Å². The van der Waals surface area contributed by atoms with Gasteiger partial charge >= 0.3 is 11.9 Å². The summed E-state index contributed by atoms with van der Waals surface area (Å²) in [6.07, 6.45) is 0. The molecule has 0 spiro atoms. The number of esters is 2. The third-order valence-electron chi connectivity index (χ3n) is 5.36. The van der Waals surface area contributed by atoms with E-state index in [9.17, 15) is 9.59 Å². The standard InChI is InChI=1S/C27H23NO6/c1-31-24-13-12-19(14-25(24)32-2)23-15-21(20-6-4-5-7-22(20)28-23)27(30)34-16-17-8-10-18(11-9-17)26(29)33-3/h4-15H,16H2,1-3H3. The van der Waals surface area contributed by atoms with Crippen LogP contribution in [0.5, 0.6) is 11.5 Å². The number of nitrogens with zero attached hydrogens (tertiary/aromatic N) is 1. The van der Waals surface area contributed by atoms with Crippen LogP contribution in [0.15, 0.2) is 72.8 Å². The summed E-state index contributed by atoms with van der Waals surface area (Å²) in [5, 5.41) is 0.692. The maximum atomic E-state index is 13.1. The monoisotopic (exact) mass is 457 g/mol. The van der Waals surface area contributed by atoms with Gasteiger partial charge < -0.3 is 18.9 Å². The largest absolute Gasteiger partial charge is 0.493 e. The van der Waals surface area contributed by atoms with Crippen LogP contribution >= 0.6 is 0 Å². The van der Waals surface area contributed by atoms with Gasteiger partial charge in [-0.3, -0.25) is 0 Å². The topological polar surface area (TPSA) is 84.0 Å². The maximum Gasteiger partial charge on any atom is 0.339 e. The molecule has 0 bridgehead atoms. The van der Waals surface area contributed by atoms with E-state index in [1.807, 2.05) is 36.4 Å². The predicted molar refractivity (Wildman–Crippen MR) is 127 cm³/mol. The van der Waals surface area contributed by atoms with E-state index in [1.165, 1.54) is 7.11 Å². The zero-order valence-electron chi connectivity index (χ0n) is 19.0. The molecule has 0 aliphatic rings. The number of carbonyl (C=O) groups is 2. The van der Waals surface area contributed by atoms with Gasteiger partial charge in [-0.05, 0) is 48.0 Å². The number of hydrogen-bond acceptors (Lipinski definition) is 7. The number of aromatic nitrogens is 1. The first-order valence-electron chi connectivity index (χ1n) is 10.5. The van der Waals surface area contributed by atoms with E-state index in [-0.39, 0.29) is 6.61 Å². The molecule has 0 saturated carbocycles. The van der Waals surface area contributed by atoms with Crippen LogP contribution in [0.3, 0.4) is 0 Å². The van der Waals surface area contributed by atoms with Gasteiger partial charge in [0.2, 0.25) is 0 Å². The zero-order valence-corrected chi connectivity index (χ0v) is 19.0. The Kier molecular flexibility index (Phi) is 6.73. The van der Waals surface area contributed by atoms with E-state index < -0.39 is 11.9 Å². The second-order valence-electron chi connectivity index (χ2n) is 7.41. The normalized spacial score (nSPS) is 10.6. The Bertz CT molecular complexity index is 1350. The molecular formula is C27H23NO6. The highest BCUT2D eigenvalue weighted by molar-refractivity contribution is 6.04. The van der Waals surface area contributed by atoms with Gasteiger partial charge in [-0.2, -0.15) is 0 Å². The summed E-state index contributed by atoms with van der Waals surface area (Å²) < 4.78 is 21.0. The van der Waals surface area contributed by atoms with Gasteiger partial charge in [0.05, 0.1) is 43.7 Å². The first-order valence-corrected chi connectivity index (χ1v) is 10.5.